The molecule has 0 aliphatic rings. The van der Waals surface area contributed by atoms with Crippen LogP contribution in [0.3, 0.4) is 0 Å². The van der Waals surface area contributed by atoms with Gasteiger partial charge in [0.25, 0.3) is 0 Å². The Bertz CT molecular complexity index is 2430. The SMILES string of the molecule is OCC(O)COc1ccc(N(c2ccc(C=Cc3ccc(C=Cc4ccc(N(c5ccc(OCC(O)CO)cc5)c5ccc(OCC(O)CO)cc5)cc4)cc3)cc2)c2ccc(OCC(O)CO)cc2)cc1. The van der Waals surface area contributed by atoms with Crippen molar-refractivity contribution in [3.63, 3.8) is 0 Å². The lowest BCUT2D eigenvalue weighted by molar-refractivity contribution is 0.0536. The number of aliphatic hydroxyl groups excluding tert-OH is 8. The Kier molecular flexibility index (Phi) is 19.4. The number of anilines is 6. The molecule has 0 aliphatic carbocycles. The third-order valence-electron chi connectivity index (χ3n) is 11.2. The lowest BCUT2D eigenvalue weighted by Gasteiger charge is -2.26. The van der Waals surface area contributed by atoms with E-state index in [1.165, 1.54) is 0 Å². The quantitative estimate of drug-likeness (QED) is 0.0243. The second kappa shape index (κ2) is 26.6. The van der Waals surface area contributed by atoms with Crippen LogP contribution in [0.2, 0.25) is 0 Å². The van der Waals surface area contributed by atoms with Crippen molar-refractivity contribution in [2.75, 3.05) is 62.7 Å². The van der Waals surface area contributed by atoms with Crippen molar-refractivity contribution in [3.05, 3.63) is 192 Å². The minimum absolute atomic E-state index is 0.0319. The van der Waals surface area contributed by atoms with Gasteiger partial charge in [-0.2, -0.15) is 0 Å². The Labute approximate surface area is 419 Å². The number of benzene rings is 7. The summed E-state index contributed by atoms with van der Waals surface area (Å²) in [7, 11) is 0. The maximum absolute atomic E-state index is 9.73. The molecule has 14 nitrogen and oxygen atoms in total. The van der Waals surface area contributed by atoms with E-state index in [1.807, 2.05) is 97.1 Å². The van der Waals surface area contributed by atoms with E-state index in [-0.39, 0.29) is 26.4 Å². The monoisotopic (exact) mass is 976 g/mol. The molecule has 7 aromatic carbocycles. The van der Waals surface area contributed by atoms with Crippen LogP contribution < -0.4 is 28.7 Å². The van der Waals surface area contributed by atoms with E-state index in [0.717, 1.165) is 56.4 Å². The zero-order valence-corrected chi connectivity index (χ0v) is 39.5. The molecule has 4 atom stereocenters. The highest BCUT2D eigenvalue weighted by Gasteiger charge is 2.16. The zero-order chi connectivity index (χ0) is 50.7. The average Bonchev–Trinajstić information content (AvgIpc) is 3.43. The van der Waals surface area contributed by atoms with Crippen molar-refractivity contribution in [2.45, 2.75) is 24.4 Å². The molecule has 0 aliphatic heterocycles. The van der Waals surface area contributed by atoms with E-state index in [1.54, 1.807) is 48.5 Å². The molecule has 0 amide bonds. The van der Waals surface area contributed by atoms with E-state index in [0.29, 0.717) is 23.0 Å². The number of rotatable bonds is 26. The predicted molar refractivity (Wildman–Crippen MR) is 281 cm³/mol. The summed E-state index contributed by atoms with van der Waals surface area (Å²) < 4.78 is 22.5. The third-order valence-corrected chi connectivity index (χ3v) is 11.2. The lowest BCUT2D eigenvalue weighted by atomic mass is 10.1. The highest BCUT2D eigenvalue weighted by atomic mass is 16.5. The molecule has 374 valence electrons. The highest BCUT2D eigenvalue weighted by molar-refractivity contribution is 5.80. The molecule has 0 spiro atoms. The molecule has 4 unspecified atom stereocenters. The molecule has 0 heterocycles. The minimum Gasteiger partial charge on any atom is -0.491 e. The van der Waals surface area contributed by atoms with Crippen molar-refractivity contribution >= 4 is 58.4 Å². The van der Waals surface area contributed by atoms with E-state index >= 15 is 0 Å². The minimum atomic E-state index is -0.976. The molecule has 7 aromatic rings. The summed E-state index contributed by atoms with van der Waals surface area (Å²) in [6.45, 7) is -1.69. The zero-order valence-electron chi connectivity index (χ0n) is 39.5. The molecule has 0 saturated carbocycles. The van der Waals surface area contributed by atoms with Crippen LogP contribution in [0.25, 0.3) is 24.3 Å². The van der Waals surface area contributed by atoms with Crippen molar-refractivity contribution in [1.82, 2.24) is 0 Å². The molecule has 0 radical (unpaired) electrons. The first-order chi connectivity index (χ1) is 35.1. The number of nitrogens with zero attached hydrogens (tertiary/aromatic N) is 2. The fraction of sp³-hybridized carbons (Fsp3) is 0.207. The van der Waals surface area contributed by atoms with Crippen LogP contribution in [0.15, 0.2) is 170 Å². The van der Waals surface area contributed by atoms with Gasteiger partial charge in [0, 0.05) is 34.1 Å². The topological polar surface area (TPSA) is 205 Å². The molecule has 0 saturated heterocycles. The molecule has 7 rings (SSSR count). The van der Waals surface area contributed by atoms with Gasteiger partial charge in [0.05, 0.1) is 26.4 Å². The highest BCUT2D eigenvalue weighted by Crippen LogP contribution is 2.38. The molecule has 0 aromatic heterocycles. The molecular weight excluding hydrogens is 917 g/mol. The summed E-state index contributed by atoms with van der Waals surface area (Å²) in [4.78, 5) is 4.14. The fourth-order valence-electron chi connectivity index (χ4n) is 7.21. The van der Waals surface area contributed by atoms with Crippen LogP contribution in [0.1, 0.15) is 22.3 Å². The molecule has 0 fully saturated rings. The normalized spacial score (nSPS) is 13.1. The van der Waals surface area contributed by atoms with E-state index in [2.05, 4.69) is 58.4 Å². The first kappa shape index (κ1) is 52.3. The van der Waals surface area contributed by atoms with Gasteiger partial charge in [-0.05, 0) is 144 Å². The van der Waals surface area contributed by atoms with Gasteiger partial charge in [-0.25, -0.2) is 0 Å². The smallest absolute Gasteiger partial charge is 0.119 e. The van der Waals surface area contributed by atoms with Gasteiger partial charge in [0.15, 0.2) is 0 Å². The third kappa shape index (κ3) is 15.3. The second-order valence-electron chi connectivity index (χ2n) is 16.8. The number of hydrogen-bond donors (Lipinski definition) is 8. The largest absolute Gasteiger partial charge is 0.491 e. The van der Waals surface area contributed by atoms with Gasteiger partial charge in [-0.15, -0.1) is 0 Å². The average molecular weight is 977 g/mol. The molecule has 0 bridgehead atoms. The van der Waals surface area contributed by atoms with E-state index < -0.39 is 50.8 Å². The van der Waals surface area contributed by atoms with Gasteiger partial charge < -0.3 is 69.6 Å². The van der Waals surface area contributed by atoms with Crippen molar-refractivity contribution in [3.8, 4) is 23.0 Å². The number of hydrogen-bond acceptors (Lipinski definition) is 14. The maximum atomic E-state index is 9.73. The van der Waals surface area contributed by atoms with Crippen LogP contribution in [0.4, 0.5) is 34.1 Å². The Morgan fingerprint density at radius 1 is 0.278 bits per heavy atom. The number of aliphatic hydroxyl groups is 8. The Balaban J connectivity index is 1.02. The fourth-order valence-corrected chi connectivity index (χ4v) is 7.21. The van der Waals surface area contributed by atoms with Gasteiger partial charge in [-0.3, -0.25) is 0 Å². The van der Waals surface area contributed by atoms with Crippen LogP contribution >= 0.6 is 0 Å². The van der Waals surface area contributed by atoms with Crippen LogP contribution in [0, 0.1) is 0 Å². The lowest BCUT2D eigenvalue weighted by Crippen LogP contribution is -2.21. The Hall–Kier alpha value is -7.50. The summed E-state index contributed by atoms with van der Waals surface area (Å²) in [5.74, 6) is 2.20. The summed E-state index contributed by atoms with van der Waals surface area (Å²) in [5.41, 5.74) is 9.28. The van der Waals surface area contributed by atoms with Gasteiger partial charge in [-0.1, -0.05) is 72.8 Å². The first-order valence-corrected chi connectivity index (χ1v) is 23.4. The van der Waals surface area contributed by atoms with E-state index in [9.17, 15) is 20.4 Å². The Morgan fingerprint density at radius 3 is 0.625 bits per heavy atom. The molecule has 8 N–H and O–H groups in total. The summed E-state index contributed by atoms with van der Waals surface area (Å²) in [6, 6.07) is 54.3. The van der Waals surface area contributed by atoms with Crippen LogP contribution in [0.5, 0.6) is 23.0 Å². The standard InChI is InChI=1S/C58H60N2O12/c61-33-51(65)37-69-55-25-17-47(18-26-55)59(48-19-27-56(28-20-48)70-38-52(66)34-62)45-13-9-43(10-14-45)7-5-41-1-2-42(4-3-41)6-8-44-11-15-46(16-12-44)60(49-21-29-57(30-22-49)71-39-53(67)35-63)50-23-31-58(32-24-50)72-40-54(68)36-64/h1-32,51-54,61-68H,33-40H2. The number of ether oxygens (including phenoxy) is 4. The van der Waals surface area contributed by atoms with Crippen molar-refractivity contribution in [1.29, 1.82) is 0 Å². The molecule has 14 heteroatoms. The van der Waals surface area contributed by atoms with Crippen molar-refractivity contribution < 1.29 is 59.8 Å². The predicted octanol–water partition coefficient (Wildman–Crippen LogP) is 7.90. The molecule has 72 heavy (non-hydrogen) atoms. The van der Waals surface area contributed by atoms with Crippen LogP contribution in [-0.2, 0) is 0 Å². The van der Waals surface area contributed by atoms with Crippen molar-refractivity contribution in [2.24, 2.45) is 0 Å². The van der Waals surface area contributed by atoms with Gasteiger partial charge >= 0.3 is 0 Å². The Morgan fingerprint density at radius 2 is 0.444 bits per heavy atom. The van der Waals surface area contributed by atoms with Gasteiger partial charge in [0.1, 0.15) is 73.8 Å². The summed E-state index contributed by atoms with van der Waals surface area (Å²) >= 11 is 0. The van der Waals surface area contributed by atoms with Crippen LogP contribution in [-0.4, -0.2) is 118 Å². The summed E-state index contributed by atoms with van der Waals surface area (Å²) in [6.07, 6.45) is 4.34. The second-order valence-corrected chi connectivity index (χ2v) is 16.8. The first-order valence-electron chi connectivity index (χ1n) is 23.4. The molecular formula is C58H60N2O12. The maximum Gasteiger partial charge on any atom is 0.119 e. The van der Waals surface area contributed by atoms with Gasteiger partial charge in [0.2, 0.25) is 0 Å². The van der Waals surface area contributed by atoms with E-state index in [4.69, 9.17) is 39.4 Å². The summed E-state index contributed by atoms with van der Waals surface area (Å²) in [5, 5.41) is 75.6.